The number of anilines is 2. The third-order valence-electron chi connectivity index (χ3n) is 5.38. The lowest BCUT2D eigenvalue weighted by molar-refractivity contribution is -0.117. The normalized spacial score (nSPS) is 16.2. The maximum Gasteiger partial charge on any atom is 0.227 e. The van der Waals surface area contributed by atoms with Crippen LogP contribution in [-0.4, -0.2) is 42.7 Å². The molecule has 0 spiro atoms. The fraction of sp³-hybridized carbons (Fsp3) is 0.304. The van der Waals surface area contributed by atoms with Crippen molar-refractivity contribution in [3.63, 3.8) is 0 Å². The van der Waals surface area contributed by atoms with Gasteiger partial charge in [-0.05, 0) is 24.6 Å². The van der Waals surface area contributed by atoms with Crippen molar-refractivity contribution in [2.24, 2.45) is 0 Å². The van der Waals surface area contributed by atoms with Crippen molar-refractivity contribution in [3.05, 3.63) is 70.7 Å². The molecule has 4 rings (SSSR count). The Bertz CT molecular complexity index is 1240. The Kier molecular flexibility index (Phi) is 6.85. The molecule has 0 saturated carbocycles. The summed E-state index contributed by atoms with van der Waals surface area (Å²) in [4.78, 5) is 26.5. The predicted octanol–water partition coefficient (Wildman–Crippen LogP) is 3.31. The Labute approximate surface area is 196 Å². The van der Waals surface area contributed by atoms with Crippen molar-refractivity contribution in [1.29, 1.82) is 0 Å². The van der Waals surface area contributed by atoms with Crippen molar-refractivity contribution >= 4 is 43.8 Å². The first-order valence-corrected chi connectivity index (χ1v) is 13.2. The van der Waals surface area contributed by atoms with Gasteiger partial charge in [-0.15, -0.1) is 10.2 Å². The van der Waals surface area contributed by atoms with E-state index < -0.39 is 15.7 Å². The quantitative estimate of drug-likeness (QED) is 0.525. The molecule has 33 heavy (non-hydrogen) atoms. The molecule has 1 atom stereocenters. The summed E-state index contributed by atoms with van der Waals surface area (Å²) in [5.74, 6) is -0.862. The van der Waals surface area contributed by atoms with Gasteiger partial charge in [0, 0.05) is 31.0 Å². The maximum atomic E-state index is 12.5. The van der Waals surface area contributed by atoms with Gasteiger partial charge in [0.05, 0.1) is 11.5 Å². The molecule has 1 aliphatic rings. The molecule has 1 fully saturated rings. The van der Waals surface area contributed by atoms with E-state index in [1.165, 1.54) is 11.3 Å². The second-order valence-corrected chi connectivity index (χ2v) is 11.3. The molecular formula is C23H24N4O4S2. The van der Waals surface area contributed by atoms with Crippen molar-refractivity contribution in [2.45, 2.75) is 31.4 Å². The Morgan fingerprint density at radius 1 is 1.12 bits per heavy atom. The van der Waals surface area contributed by atoms with Crippen LogP contribution in [0.25, 0.3) is 0 Å². The van der Waals surface area contributed by atoms with Gasteiger partial charge in [-0.25, -0.2) is 8.42 Å². The van der Waals surface area contributed by atoms with E-state index in [-0.39, 0.29) is 29.8 Å². The molecule has 3 aromatic rings. The summed E-state index contributed by atoms with van der Waals surface area (Å²) in [5.41, 5.74) is 2.67. The Morgan fingerprint density at radius 2 is 1.85 bits per heavy atom. The van der Waals surface area contributed by atoms with Gasteiger partial charge in [0.25, 0.3) is 0 Å². The summed E-state index contributed by atoms with van der Waals surface area (Å²) in [6, 6.07) is 16.7. The van der Waals surface area contributed by atoms with Crippen LogP contribution in [0, 0.1) is 6.92 Å². The van der Waals surface area contributed by atoms with Gasteiger partial charge >= 0.3 is 0 Å². The number of aromatic nitrogens is 2. The summed E-state index contributed by atoms with van der Waals surface area (Å²) < 4.78 is 24.6. The number of aryl methyl sites for hydroxylation is 1. The number of carbonyl (C=O) groups excluding carboxylic acids is 2. The SMILES string of the molecule is Cc1ccc(N2C[C@@H](c3nnc(NC(=O)CCS(=O)(=O)Cc4ccccc4)s3)CC2=O)cc1. The molecule has 10 heteroatoms. The molecule has 0 bridgehead atoms. The smallest absolute Gasteiger partial charge is 0.227 e. The van der Waals surface area contributed by atoms with E-state index in [1.54, 1.807) is 29.2 Å². The van der Waals surface area contributed by atoms with Gasteiger partial charge in [-0.1, -0.05) is 59.4 Å². The zero-order valence-electron chi connectivity index (χ0n) is 18.1. The molecule has 0 aliphatic carbocycles. The zero-order chi connectivity index (χ0) is 23.4. The summed E-state index contributed by atoms with van der Waals surface area (Å²) in [7, 11) is -3.41. The van der Waals surface area contributed by atoms with Crippen LogP contribution in [0.4, 0.5) is 10.8 Å². The number of amides is 2. The third kappa shape index (κ3) is 6.02. The van der Waals surface area contributed by atoms with Crippen molar-refractivity contribution in [3.8, 4) is 0 Å². The van der Waals surface area contributed by atoms with Crippen molar-refractivity contribution in [1.82, 2.24) is 10.2 Å². The Hall–Kier alpha value is -3.11. The maximum absolute atomic E-state index is 12.5. The highest BCUT2D eigenvalue weighted by molar-refractivity contribution is 7.90. The second-order valence-electron chi connectivity index (χ2n) is 8.06. The lowest BCUT2D eigenvalue weighted by atomic mass is 10.1. The van der Waals surface area contributed by atoms with E-state index in [9.17, 15) is 18.0 Å². The van der Waals surface area contributed by atoms with E-state index in [0.717, 1.165) is 11.3 Å². The number of benzene rings is 2. The van der Waals surface area contributed by atoms with Crippen LogP contribution in [0.5, 0.6) is 0 Å². The minimum absolute atomic E-state index is 0.0215. The first-order chi connectivity index (χ1) is 15.8. The van der Waals surface area contributed by atoms with Crippen LogP contribution in [0.1, 0.15) is 34.9 Å². The number of nitrogens with one attached hydrogen (secondary N) is 1. The number of carbonyl (C=O) groups is 2. The van der Waals surface area contributed by atoms with Gasteiger partial charge in [-0.3, -0.25) is 9.59 Å². The van der Waals surface area contributed by atoms with Gasteiger partial charge in [0.1, 0.15) is 5.01 Å². The van der Waals surface area contributed by atoms with Crippen LogP contribution in [-0.2, 0) is 25.2 Å². The topological polar surface area (TPSA) is 109 Å². The Balaban J connectivity index is 1.31. The molecule has 1 saturated heterocycles. The predicted molar refractivity (Wildman–Crippen MR) is 128 cm³/mol. The number of hydrogen-bond acceptors (Lipinski definition) is 7. The highest BCUT2D eigenvalue weighted by Gasteiger charge is 2.34. The molecule has 0 radical (unpaired) electrons. The number of rotatable bonds is 8. The average molecular weight is 485 g/mol. The molecule has 1 aromatic heterocycles. The first-order valence-electron chi connectivity index (χ1n) is 10.5. The highest BCUT2D eigenvalue weighted by atomic mass is 32.2. The molecule has 1 N–H and O–H groups in total. The number of sulfone groups is 1. The minimum atomic E-state index is -3.41. The van der Waals surface area contributed by atoms with Gasteiger partial charge < -0.3 is 10.2 Å². The van der Waals surface area contributed by atoms with Crippen molar-refractivity contribution in [2.75, 3.05) is 22.5 Å². The largest absolute Gasteiger partial charge is 0.312 e. The standard InChI is InChI=1S/C23H24N4O4S2/c1-16-7-9-19(10-8-16)27-14-18(13-21(27)29)22-25-26-23(32-22)24-20(28)11-12-33(30,31)15-17-5-3-2-4-6-17/h2-10,18H,11-15H2,1H3,(H,24,26,28)/t18-/m0/s1. The average Bonchev–Trinajstić information content (AvgIpc) is 3.40. The molecule has 0 unspecified atom stereocenters. The highest BCUT2D eigenvalue weighted by Crippen LogP contribution is 2.34. The summed E-state index contributed by atoms with van der Waals surface area (Å²) in [6.07, 6.45) is 0.168. The van der Waals surface area contributed by atoms with E-state index in [4.69, 9.17) is 0 Å². The molecule has 2 heterocycles. The third-order valence-corrected chi connectivity index (χ3v) is 7.98. The lowest BCUT2D eigenvalue weighted by Gasteiger charge is -2.16. The molecule has 172 valence electrons. The van der Waals surface area contributed by atoms with E-state index >= 15 is 0 Å². The van der Waals surface area contributed by atoms with Gasteiger partial charge in [-0.2, -0.15) is 0 Å². The van der Waals surface area contributed by atoms with Crippen LogP contribution >= 0.6 is 11.3 Å². The molecule has 2 amide bonds. The summed E-state index contributed by atoms with van der Waals surface area (Å²) in [5, 5.41) is 11.8. The number of nitrogens with zero attached hydrogens (tertiary/aromatic N) is 3. The summed E-state index contributed by atoms with van der Waals surface area (Å²) in [6.45, 7) is 2.50. The fourth-order valence-electron chi connectivity index (χ4n) is 3.63. The van der Waals surface area contributed by atoms with Crippen molar-refractivity contribution < 1.29 is 18.0 Å². The molecule has 2 aromatic carbocycles. The van der Waals surface area contributed by atoms with Crippen LogP contribution in [0.15, 0.2) is 54.6 Å². The van der Waals surface area contributed by atoms with E-state index in [0.29, 0.717) is 28.7 Å². The monoisotopic (exact) mass is 484 g/mol. The molecule has 8 nitrogen and oxygen atoms in total. The summed E-state index contributed by atoms with van der Waals surface area (Å²) >= 11 is 1.21. The molecular weight excluding hydrogens is 460 g/mol. The van der Waals surface area contributed by atoms with E-state index in [1.807, 2.05) is 37.3 Å². The van der Waals surface area contributed by atoms with Gasteiger partial charge in [0.15, 0.2) is 9.84 Å². The Morgan fingerprint density at radius 3 is 2.58 bits per heavy atom. The van der Waals surface area contributed by atoms with Crippen LogP contribution in [0.3, 0.4) is 0 Å². The number of hydrogen-bond donors (Lipinski definition) is 1. The van der Waals surface area contributed by atoms with E-state index in [2.05, 4.69) is 15.5 Å². The zero-order valence-corrected chi connectivity index (χ0v) is 19.7. The second kappa shape index (κ2) is 9.80. The van der Waals surface area contributed by atoms with Crippen LogP contribution in [0.2, 0.25) is 0 Å². The van der Waals surface area contributed by atoms with Crippen LogP contribution < -0.4 is 10.2 Å². The molecule has 1 aliphatic heterocycles. The fourth-order valence-corrected chi connectivity index (χ4v) is 5.82. The first kappa shape index (κ1) is 23.1. The lowest BCUT2D eigenvalue weighted by Crippen LogP contribution is -2.24. The minimum Gasteiger partial charge on any atom is -0.312 e. The van der Waals surface area contributed by atoms with Gasteiger partial charge in [0.2, 0.25) is 16.9 Å².